The maximum atomic E-state index is 13.5. The predicted octanol–water partition coefficient (Wildman–Crippen LogP) is 3.29. The molecule has 2 rings (SSSR count). The van der Waals surface area contributed by atoms with Crippen molar-refractivity contribution in [2.45, 2.75) is 57.6 Å². The fourth-order valence-electron chi connectivity index (χ4n) is 2.99. The maximum Gasteiger partial charge on any atom is 0.126 e. The van der Waals surface area contributed by atoms with Gasteiger partial charge >= 0.3 is 0 Å². The Morgan fingerprint density at radius 1 is 1.35 bits per heavy atom. The van der Waals surface area contributed by atoms with E-state index in [4.69, 9.17) is 0 Å². The van der Waals surface area contributed by atoms with Crippen molar-refractivity contribution in [1.29, 1.82) is 0 Å². The minimum atomic E-state index is -0.107. The first-order chi connectivity index (χ1) is 9.65. The summed E-state index contributed by atoms with van der Waals surface area (Å²) in [5, 5.41) is 13.2. The number of benzene rings is 1. The molecular weight excluding hydrogens is 253 g/mol. The van der Waals surface area contributed by atoms with Crippen molar-refractivity contribution in [2.75, 3.05) is 6.54 Å². The van der Waals surface area contributed by atoms with E-state index in [2.05, 4.69) is 12.2 Å². The van der Waals surface area contributed by atoms with E-state index >= 15 is 0 Å². The van der Waals surface area contributed by atoms with Crippen LogP contribution >= 0.6 is 0 Å². The predicted molar refractivity (Wildman–Crippen MR) is 80.2 cm³/mol. The van der Waals surface area contributed by atoms with E-state index in [1.807, 2.05) is 12.1 Å². The molecule has 0 radical (unpaired) electrons. The minimum absolute atomic E-state index is 0.102. The van der Waals surface area contributed by atoms with Crippen LogP contribution in [0.3, 0.4) is 0 Å². The first-order valence-electron chi connectivity index (χ1n) is 7.80. The summed E-state index contributed by atoms with van der Waals surface area (Å²) in [6, 6.07) is 7.39. The van der Waals surface area contributed by atoms with Crippen LogP contribution in [0.2, 0.25) is 0 Å². The second kappa shape index (κ2) is 7.75. The number of halogens is 1. The molecule has 1 aromatic rings. The van der Waals surface area contributed by atoms with E-state index in [0.717, 1.165) is 44.2 Å². The molecule has 3 atom stereocenters. The van der Waals surface area contributed by atoms with Crippen LogP contribution in [-0.4, -0.2) is 23.8 Å². The maximum absolute atomic E-state index is 13.5. The van der Waals surface area contributed by atoms with Gasteiger partial charge in [-0.25, -0.2) is 4.39 Å². The number of rotatable bonds is 6. The highest BCUT2D eigenvalue weighted by Crippen LogP contribution is 2.23. The lowest BCUT2D eigenvalue weighted by Crippen LogP contribution is -2.34. The molecule has 0 heterocycles. The SMILES string of the molecule is C[C@H](CCc1ccccc1F)NC[C@@H]1CCC[C@@H](O)C1. The number of hydrogen-bond acceptors (Lipinski definition) is 2. The van der Waals surface area contributed by atoms with E-state index < -0.39 is 0 Å². The van der Waals surface area contributed by atoms with E-state index in [1.54, 1.807) is 6.07 Å². The van der Waals surface area contributed by atoms with E-state index in [0.29, 0.717) is 12.0 Å². The van der Waals surface area contributed by atoms with Gasteiger partial charge in [-0.2, -0.15) is 0 Å². The van der Waals surface area contributed by atoms with Crippen molar-refractivity contribution in [3.8, 4) is 0 Å². The summed E-state index contributed by atoms with van der Waals surface area (Å²) >= 11 is 0. The van der Waals surface area contributed by atoms with Crippen LogP contribution in [0.15, 0.2) is 24.3 Å². The second-order valence-corrected chi connectivity index (χ2v) is 6.13. The molecule has 20 heavy (non-hydrogen) atoms. The fraction of sp³-hybridized carbons (Fsp3) is 0.647. The summed E-state index contributed by atoms with van der Waals surface area (Å²) in [7, 11) is 0. The zero-order valence-corrected chi connectivity index (χ0v) is 12.3. The molecule has 0 unspecified atom stereocenters. The van der Waals surface area contributed by atoms with Gasteiger partial charge in [-0.05, 0) is 63.1 Å². The van der Waals surface area contributed by atoms with Gasteiger partial charge in [0.2, 0.25) is 0 Å². The Balaban J connectivity index is 1.68. The van der Waals surface area contributed by atoms with E-state index in [9.17, 15) is 9.50 Å². The van der Waals surface area contributed by atoms with Crippen LogP contribution in [0, 0.1) is 11.7 Å². The van der Waals surface area contributed by atoms with Gasteiger partial charge < -0.3 is 10.4 Å². The molecule has 1 fully saturated rings. The fourth-order valence-corrected chi connectivity index (χ4v) is 2.99. The number of aliphatic hydroxyl groups excluding tert-OH is 1. The van der Waals surface area contributed by atoms with Crippen molar-refractivity contribution < 1.29 is 9.50 Å². The van der Waals surface area contributed by atoms with Gasteiger partial charge in [0.1, 0.15) is 5.82 Å². The van der Waals surface area contributed by atoms with Gasteiger partial charge in [-0.15, -0.1) is 0 Å². The minimum Gasteiger partial charge on any atom is -0.393 e. The van der Waals surface area contributed by atoms with Gasteiger partial charge in [0.15, 0.2) is 0 Å². The van der Waals surface area contributed by atoms with Crippen molar-refractivity contribution >= 4 is 0 Å². The van der Waals surface area contributed by atoms with Gasteiger partial charge in [0.25, 0.3) is 0 Å². The smallest absolute Gasteiger partial charge is 0.126 e. The molecule has 1 aliphatic rings. The Bertz CT molecular complexity index is 410. The molecule has 1 aliphatic carbocycles. The molecule has 0 aliphatic heterocycles. The number of aryl methyl sites for hydroxylation is 1. The molecule has 1 saturated carbocycles. The first kappa shape index (κ1) is 15.5. The van der Waals surface area contributed by atoms with Crippen molar-refractivity contribution in [1.82, 2.24) is 5.32 Å². The number of nitrogens with one attached hydrogen (secondary N) is 1. The Morgan fingerprint density at radius 3 is 2.90 bits per heavy atom. The summed E-state index contributed by atoms with van der Waals surface area (Å²) in [6.07, 6.45) is 5.84. The van der Waals surface area contributed by atoms with Crippen molar-refractivity contribution in [3.63, 3.8) is 0 Å². The molecule has 0 amide bonds. The zero-order valence-electron chi connectivity index (χ0n) is 12.3. The first-order valence-corrected chi connectivity index (χ1v) is 7.80. The average Bonchev–Trinajstić information content (AvgIpc) is 2.44. The third kappa shape index (κ3) is 4.88. The molecule has 3 heteroatoms. The highest BCUT2D eigenvalue weighted by molar-refractivity contribution is 5.17. The van der Waals surface area contributed by atoms with Crippen molar-refractivity contribution in [3.05, 3.63) is 35.6 Å². The summed E-state index contributed by atoms with van der Waals surface area (Å²) in [5.41, 5.74) is 0.800. The highest BCUT2D eigenvalue weighted by atomic mass is 19.1. The average molecular weight is 279 g/mol. The van der Waals surface area contributed by atoms with Gasteiger partial charge in [0.05, 0.1) is 6.10 Å². The third-order valence-corrected chi connectivity index (χ3v) is 4.31. The van der Waals surface area contributed by atoms with Crippen LogP contribution in [-0.2, 0) is 6.42 Å². The van der Waals surface area contributed by atoms with Gasteiger partial charge in [0, 0.05) is 6.04 Å². The Kier molecular flexibility index (Phi) is 5.99. The number of hydrogen-bond donors (Lipinski definition) is 2. The summed E-state index contributed by atoms with van der Waals surface area (Å²) in [6.45, 7) is 3.12. The lowest BCUT2D eigenvalue weighted by molar-refractivity contribution is 0.0997. The largest absolute Gasteiger partial charge is 0.393 e. The van der Waals surface area contributed by atoms with Crippen LogP contribution in [0.1, 0.15) is 44.6 Å². The topological polar surface area (TPSA) is 32.3 Å². The van der Waals surface area contributed by atoms with E-state index in [-0.39, 0.29) is 11.9 Å². The molecule has 0 bridgehead atoms. The molecule has 0 aromatic heterocycles. The van der Waals surface area contributed by atoms with E-state index in [1.165, 1.54) is 12.5 Å². The monoisotopic (exact) mass is 279 g/mol. The third-order valence-electron chi connectivity index (χ3n) is 4.31. The number of aliphatic hydroxyl groups is 1. The Hall–Kier alpha value is -0.930. The van der Waals surface area contributed by atoms with Crippen molar-refractivity contribution in [2.24, 2.45) is 5.92 Å². The summed E-state index contributed by atoms with van der Waals surface area (Å²) in [4.78, 5) is 0. The molecule has 112 valence electrons. The van der Waals surface area contributed by atoms with Crippen LogP contribution in [0.4, 0.5) is 4.39 Å². The van der Waals surface area contributed by atoms with Crippen LogP contribution in [0.25, 0.3) is 0 Å². The summed E-state index contributed by atoms with van der Waals surface area (Å²) < 4.78 is 13.5. The lowest BCUT2D eigenvalue weighted by atomic mass is 9.87. The quantitative estimate of drug-likeness (QED) is 0.837. The molecule has 1 aromatic carbocycles. The lowest BCUT2D eigenvalue weighted by Gasteiger charge is -2.27. The van der Waals surface area contributed by atoms with Gasteiger partial charge in [-0.3, -0.25) is 0 Å². The molecule has 2 nitrogen and oxygen atoms in total. The van der Waals surface area contributed by atoms with Crippen LogP contribution < -0.4 is 5.32 Å². The Labute approximate surface area is 121 Å². The highest BCUT2D eigenvalue weighted by Gasteiger charge is 2.20. The normalized spacial score (nSPS) is 24.6. The van der Waals surface area contributed by atoms with Gasteiger partial charge in [-0.1, -0.05) is 24.6 Å². The molecule has 2 N–H and O–H groups in total. The molecule has 0 saturated heterocycles. The standard InChI is InChI=1S/C17H26FNO/c1-13(9-10-15-6-2-3-8-17(15)18)19-12-14-5-4-7-16(20)11-14/h2-3,6,8,13-14,16,19-20H,4-5,7,9-12H2,1H3/t13-,14-,16-/m1/s1. The second-order valence-electron chi connectivity index (χ2n) is 6.13. The molecule has 0 spiro atoms. The van der Waals surface area contributed by atoms with Crippen LogP contribution in [0.5, 0.6) is 0 Å². The molecular formula is C17H26FNO. The summed E-state index contributed by atoms with van der Waals surface area (Å²) in [5.74, 6) is 0.491. The zero-order chi connectivity index (χ0) is 14.4. The Morgan fingerprint density at radius 2 is 2.15 bits per heavy atom.